The van der Waals surface area contributed by atoms with E-state index < -0.39 is 17.2 Å². The van der Waals surface area contributed by atoms with Crippen LogP contribution in [0.5, 0.6) is 0 Å². The first-order valence-corrected chi connectivity index (χ1v) is 5.00. The van der Waals surface area contributed by atoms with E-state index in [-0.39, 0.29) is 11.7 Å². The molecule has 86 valence electrons. The Balaban J connectivity index is 2.13. The lowest BCUT2D eigenvalue weighted by atomic mass is 10.2. The number of rotatable bonds is 2. The van der Waals surface area contributed by atoms with Gasteiger partial charge in [-0.2, -0.15) is 0 Å². The van der Waals surface area contributed by atoms with Gasteiger partial charge >= 0.3 is 5.69 Å². The number of carbonyl (C=O) groups excluding carboxylic acids is 1. The lowest BCUT2D eigenvalue weighted by molar-refractivity contribution is 0.0934. The SMILES string of the molecule is O=C(N[C@H]1CCNC1)c1cc(=O)[nH]c(=O)[nH]1. The summed E-state index contributed by atoms with van der Waals surface area (Å²) in [6, 6.07) is 1.12. The topological polar surface area (TPSA) is 107 Å². The highest BCUT2D eigenvalue weighted by Gasteiger charge is 2.18. The maximum Gasteiger partial charge on any atom is 0.326 e. The summed E-state index contributed by atoms with van der Waals surface area (Å²) in [5.41, 5.74) is -1.28. The monoisotopic (exact) mass is 224 g/mol. The van der Waals surface area contributed by atoms with Crippen molar-refractivity contribution in [1.82, 2.24) is 20.6 Å². The lowest BCUT2D eigenvalue weighted by Crippen LogP contribution is -2.38. The minimum Gasteiger partial charge on any atom is -0.347 e. The molecule has 4 N–H and O–H groups in total. The Morgan fingerprint density at radius 3 is 2.81 bits per heavy atom. The number of aromatic amines is 2. The molecule has 1 aromatic heterocycles. The molecule has 1 aromatic rings. The molecule has 7 heteroatoms. The molecule has 16 heavy (non-hydrogen) atoms. The van der Waals surface area contributed by atoms with Crippen molar-refractivity contribution in [3.05, 3.63) is 32.6 Å². The summed E-state index contributed by atoms with van der Waals surface area (Å²) in [7, 11) is 0. The van der Waals surface area contributed by atoms with Gasteiger partial charge in [-0.05, 0) is 13.0 Å². The molecule has 0 bridgehead atoms. The molecular weight excluding hydrogens is 212 g/mol. The van der Waals surface area contributed by atoms with Crippen LogP contribution in [0.25, 0.3) is 0 Å². The number of nitrogens with one attached hydrogen (secondary N) is 4. The van der Waals surface area contributed by atoms with E-state index >= 15 is 0 Å². The van der Waals surface area contributed by atoms with E-state index in [1.165, 1.54) is 0 Å². The molecule has 1 aliphatic heterocycles. The zero-order valence-electron chi connectivity index (χ0n) is 8.50. The van der Waals surface area contributed by atoms with Crippen molar-refractivity contribution in [2.24, 2.45) is 0 Å². The highest BCUT2D eigenvalue weighted by Crippen LogP contribution is 1.98. The normalized spacial score (nSPS) is 19.6. The molecule has 0 aliphatic carbocycles. The maximum absolute atomic E-state index is 11.6. The number of aromatic nitrogens is 2. The van der Waals surface area contributed by atoms with Crippen LogP contribution in [-0.2, 0) is 0 Å². The highest BCUT2D eigenvalue weighted by molar-refractivity contribution is 5.92. The van der Waals surface area contributed by atoms with E-state index in [9.17, 15) is 14.4 Å². The van der Waals surface area contributed by atoms with Crippen LogP contribution in [0.15, 0.2) is 15.7 Å². The van der Waals surface area contributed by atoms with Crippen molar-refractivity contribution in [1.29, 1.82) is 0 Å². The molecule has 0 unspecified atom stereocenters. The van der Waals surface area contributed by atoms with Crippen molar-refractivity contribution in [2.45, 2.75) is 12.5 Å². The minimum absolute atomic E-state index is 0.0133. The fourth-order valence-corrected chi connectivity index (χ4v) is 1.63. The van der Waals surface area contributed by atoms with Gasteiger partial charge in [-0.15, -0.1) is 0 Å². The molecule has 0 aromatic carbocycles. The maximum atomic E-state index is 11.6. The third kappa shape index (κ3) is 2.37. The van der Waals surface area contributed by atoms with E-state index in [0.717, 1.165) is 19.0 Å². The second-order valence-electron chi connectivity index (χ2n) is 3.66. The van der Waals surface area contributed by atoms with Crippen molar-refractivity contribution in [3.63, 3.8) is 0 Å². The number of H-pyrrole nitrogens is 2. The molecule has 0 spiro atoms. The number of carbonyl (C=O) groups is 1. The van der Waals surface area contributed by atoms with Crippen LogP contribution in [-0.4, -0.2) is 35.0 Å². The van der Waals surface area contributed by atoms with E-state index in [1.54, 1.807) is 0 Å². The summed E-state index contributed by atoms with van der Waals surface area (Å²) in [6.07, 6.45) is 0.846. The van der Waals surface area contributed by atoms with E-state index in [0.29, 0.717) is 6.54 Å². The Hall–Kier alpha value is -1.89. The molecule has 1 fully saturated rings. The number of hydrogen-bond acceptors (Lipinski definition) is 4. The first-order chi connectivity index (χ1) is 7.65. The van der Waals surface area contributed by atoms with Crippen LogP contribution < -0.4 is 21.9 Å². The average Bonchev–Trinajstić information content (AvgIpc) is 2.68. The Labute approximate surface area is 90.3 Å². The number of hydrogen-bond donors (Lipinski definition) is 4. The van der Waals surface area contributed by atoms with Gasteiger partial charge in [-0.3, -0.25) is 14.6 Å². The van der Waals surface area contributed by atoms with E-state index in [4.69, 9.17) is 0 Å². The minimum atomic E-state index is -0.679. The standard InChI is InChI=1S/C9H12N4O3/c14-7-3-6(12-9(16)13-7)8(15)11-5-1-2-10-4-5/h3,5,10H,1-2,4H2,(H,11,15)(H2,12,13,14,16)/t5-/m0/s1. The summed E-state index contributed by atoms with van der Waals surface area (Å²) < 4.78 is 0. The van der Waals surface area contributed by atoms with Gasteiger partial charge in [0.05, 0.1) is 0 Å². The van der Waals surface area contributed by atoms with Gasteiger partial charge in [0.15, 0.2) is 0 Å². The van der Waals surface area contributed by atoms with E-state index in [1.807, 2.05) is 4.98 Å². The molecule has 1 aliphatic rings. The summed E-state index contributed by atoms with van der Waals surface area (Å²) in [6.45, 7) is 1.57. The van der Waals surface area contributed by atoms with Crippen molar-refractivity contribution < 1.29 is 4.79 Å². The first-order valence-electron chi connectivity index (χ1n) is 5.00. The van der Waals surface area contributed by atoms with E-state index in [2.05, 4.69) is 15.6 Å². The van der Waals surface area contributed by atoms with Crippen molar-refractivity contribution in [3.8, 4) is 0 Å². The molecule has 2 rings (SSSR count). The predicted molar refractivity (Wildman–Crippen MR) is 56.4 cm³/mol. The van der Waals surface area contributed by atoms with Gasteiger partial charge in [0.1, 0.15) is 5.69 Å². The summed E-state index contributed by atoms with van der Waals surface area (Å²) >= 11 is 0. The van der Waals surface area contributed by atoms with Crippen molar-refractivity contribution in [2.75, 3.05) is 13.1 Å². The zero-order chi connectivity index (χ0) is 11.5. The predicted octanol–water partition coefficient (Wildman–Crippen LogP) is -1.85. The fraction of sp³-hybridized carbons (Fsp3) is 0.444. The fourth-order valence-electron chi connectivity index (χ4n) is 1.63. The molecule has 0 saturated carbocycles. The Morgan fingerprint density at radius 2 is 2.19 bits per heavy atom. The Bertz CT molecular complexity index is 470. The molecule has 1 saturated heterocycles. The van der Waals surface area contributed by atoms with Gasteiger partial charge < -0.3 is 15.6 Å². The quantitative estimate of drug-likeness (QED) is 0.473. The average molecular weight is 224 g/mol. The van der Waals surface area contributed by atoms with Crippen LogP contribution in [0.3, 0.4) is 0 Å². The van der Waals surface area contributed by atoms with Crippen LogP contribution in [0.1, 0.15) is 16.9 Å². The Morgan fingerprint density at radius 1 is 1.38 bits per heavy atom. The van der Waals surface area contributed by atoms with Gasteiger partial charge in [0.25, 0.3) is 11.5 Å². The third-order valence-electron chi connectivity index (χ3n) is 2.40. The molecule has 2 heterocycles. The summed E-state index contributed by atoms with van der Waals surface area (Å²) in [5.74, 6) is -0.433. The molecular formula is C9H12N4O3. The van der Waals surface area contributed by atoms with Gasteiger partial charge in [-0.25, -0.2) is 4.79 Å². The second-order valence-corrected chi connectivity index (χ2v) is 3.66. The zero-order valence-corrected chi connectivity index (χ0v) is 8.50. The van der Waals surface area contributed by atoms with Crippen LogP contribution >= 0.6 is 0 Å². The first kappa shape index (κ1) is 10.6. The Kier molecular flexibility index (Phi) is 2.86. The lowest BCUT2D eigenvalue weighted by Gasteiger charge is -2.10. The second kappa shape index (κ2) is 4.31. The number of amides is 1. The van der Waals surface area contributed by atoms with Crippen molar-refractivity contribution >= 4 is 5.91 Å². The molecule has 0 radical (unpaired) electrons. The molecule has 7 nitrogen and oxygen atoms in total. The van der Waals surface area contributed by atoms with Crippen LogP contribution in [0.4, 0.5) is 0 Å². The van der Waals surface area contributed by atoms with Crippen LogP contribution in [0.2, 0.25) is 0 Å². The molecule has 1 amide bonds. The molecule has 1 atom stereocenters. The third-order valence-corrected chi connectivity index (χ3v) is 2.40. The van der Waals surface area contributed by atoms with Gasteiger partial charge in [-0.1, -0.05) is 0 Å². The summed E-state index contributed by atoms with van der Waals surface area (Å²) in [5, 5.41) is 5.82. The van der Waals surface area contributed by atoms with Crippen LogP contribution in [0, 0.1) is 0 Å². The van der Waals surface area contributed by atoms with Gasteiger partial charge in [0, 0.05) is 18.7 Å². The highest BCUT2D eigenvalue weighted by atomic mass is 16.2. The largest absolute Gasteiger partial charge is 0.347 e. The summed E-state index contributed by atoms with van der Waals surface area (Å²) in [4.78, 5) is 37.9. The smallest absolute Gasteiger partial charge is 0.326 e. The van der Waals surface area contributed by atoms with Gasteiger partial charge in [0.2, 0.25) is 0 Å².